The quantitative estimate of drug-likeness (QED) is 0.327. The van der Waals surface area contributed by atoms with Crippen LogP contribution in [0.25, 0.3) is 11.1 Å². The Morgan fingerprint density at radius 2 is 1.97 bits per heavy atom. The maximum absolute atomic E-state index is 14.2. The summed E-state index contributed by atoms with van der Waals surface area (Å²) in [7, 11) is 0. The first kappa shape index (κ1) is 26.1. The van der Waals surface area contributed by atoms with Crippen molar-refractivity contribution in [3.63, 3.8) is 0 Å². The number of halogens is 4. The number of aliphatic carboxylic acids is 1. The summed E-state index contributed by atoms with van der Waals surface area (Å²) in [5.41, 5.74) is 2.70. The molecule has 1 aromatic heterocycles. The molecule has 0 saturated carbocycles. The lowest BCUT2D eigenvalue weighted by Gasteiger charge is -2.39. The zero-order valence-electron chi connectivity index (χ0n) is 19.4. The van der Waals surface area contributed by atoms with Crippen LogP contribution in [-0.4, -0.2) is 63.0 Å². The second kappa shape index (κ2) is 11.4. The van der Waals surface area contributed by atoms with Crippen molar-refractivity contribution in [2.45, 2.75) is 37.8 Å². The number of aromatic nitrogens is 3. The lowest BCUT2D eigenvalue weighted by Crippen LogP contribution is -2.56. The number of nitrogens with one attached hydrogen (secondary N) is 2. The first-order valence-corrected chi connectivity index (χ1v) is 12.0. The van der Waals surface area contributed by atoms with Gasteiger partial charge in [-0.15, -0.1) is 0 Å². The molecule has 4 rings (SSSR count). The van der Waals surface area contributed by atoms with E-state index in [2.05, 4.69) is 20.7 Å². The van der Waals surface area contributed by atoms with Crippen LogP contribution in [0.3, 0.4) is 0 Å². The summed E-state index contributed by atoms with van der Waals surface area (Å²) < 4.78 is 40.5. The smallest absolute Gasteiger partial charge is 0.306 e. The summed E-state index contributed by atoms with van der Waals surface area (Å²) in [6, 6.07) is 11.5. The number of carbonyl (C=O) groups is 1. The first-order chi connectivity index (χ1) is 17.2. The Balaban J connectivity index is 1.43. The summed E-state index contributed by atoms with van der Waals surface area (Å²) in [6.45, 7) is 0.0413. The molecule has 1 saturated heterocycles. The topological polar surface area (TPSA) is 94.1 Å². The number of carboxylic acids is 1. The number of hydrogen-bond donors (Lipinski definition) is 3. The van der Waals surface area contributed by atoms with Crippen molar-refractivity contribution in [3.8, 4) is 11.1 Å². The molecule has 192 valence electrons. The molecular weight excluding hydrogens is 495 g/mol. The monoisotopic (exact) mass is 521 g/mol. The van der Waals surface area contributed by atoms with E-state index in [9.17, 15) is 23.1 Å². The van der Waals surface area contributed by atoms with E-state index in [1.165, 1.54) is 12.1 Å². The lowest BCUT2D eigenvalue weighted by molar-refractivity contribution is -0.145. The number of hydrogen-bond acceptors (Lipinski definition) is 5. The molecule has 2 atom stereocenters. The second-order valence-electron chi connectivity index (χ2n) is 9.19. The van der Waals surface area contributed by atoms with Crippen LogP contribution in [0.5, 0.6) is 0 Å². The van der Waals surface area contributed by atoms with Crippen molar-refractivity contribution in [1.29, 1.82) is 0 Å². The average Bonchev–Trinajstić information content (AvgIpc) is 3.34. The zero-order valence-corrected chi connectivity index (χ0v) is 20.2. The fourth-order valence-corrected chi connectivity index (χ4v) is 4.58. The summed E-state index contributed by atoms with van der Waals surface area (Å²) in [6.07, 6.45) is 2.68. The molecule has 0 amide bonds. The summed E-state index contributed by atoms with van der Waals surface area (Å²) in [4.78, 5) is 13.5. The van der Waals surface area contributed by atoms with Gasteiger partial charge in [-0.05, 0) is 55.1 Å². The van der Waals surface area contributed by atoms with Crippen molar-refractivity contribution >= 4 is 17.6 Å². The predicted molar refractivity (Wildman–Crippen MR) is 129 cm³/mol. The normalized spacial score (nSPS) is 16.9. The third-order valence-electron chi connectivity index (χ3n) is 6.33. The van der Waals surface area contributed by atoms with Crippen LogP contribution in [0.15, 0.2) is 48.7 Å². The largest absolute Gasteiger partial charge is 0.481 e. The van der Waals surface area contributed by atoms with Gasteiger partial charge in [-0.2, -0.15) is 15.4 Å². The minimum absolute atomic E-state index is 0.227. The van der Waals surface area contributed by atoms with Crippen LogP contribution < -0.4 is 5.32 Å². The number of benzene rings is 2. The van der Waals surface area contributed by atoms with Gasteiger partial charge in [0.25, 0.3) is 5.92 Å². The molecule has 0 aliphatic carbocycles. The number of likely N-dealkylation sites (tertiary alicyclic amines) is 1. The predicted octanol–water partition coefficient (Wildman–Crippen LogP) is 4.40. The van der Waals surface area contributed by atoms with E-state index in [0.717, 1.165) is 5.56 Å². The molecule has 3 N–H and O–H groups in total. The van der Waals surface area contributed by atoms with Gasteiger partial charge in [-0.1, -0.05) is 35.9 Å². The van der Waals surface area contributed by atoms with Gasteiger partial charge in [0.15, 0.2) is 0 Å². The number of nitrogens with zero attached hydrogens (tertiary/aromatic N) is 3. The third-order valence-corrected chi connectivity index (χ3v) is 6.57. The van der Waals surface area contributed by atoms with Crippen LogP contribution >= 0.6 is 11.6 Å². The molecule has 0 bridgehead atoms. The minimum atomic E-state index is -2.68. The highest BCUT2D eigenvalue weighted by Gasteiger charge is 2.43. The third kappa shape index (κ3) is 7.05. The fraction of sp³-hybridized carbons (Fsp3) is 0.400. The molecule has 2 heterocycles. The standard InChI is InChI=1S/C25H27ClF3N5O2/c26-19-5-6-23(27)22(11-19)17-3-1-16(2-4-17)9-20(30-12-21-13-31-33-32-21)10-18(24(35)36)7-8-34-14-25(28,29)15-34/h1-6,11,13,18,20,30H,7-10,12,14-15H2,(H,35,36)(H,31,32,33)/t18-,20-/m1/s1. The van der Waals surface area contributed by atoms with E-state index in [1.807, 2.05) is 12.1 Å². The van der Waals surface area contributed by atoms with E-state index < -0.39 is 17.8 Å². The molecule has 0 spiro atoms. The van der Waals surface area contributed by atoms with E-state index in [0.29, 0.717) is 47.8 Å². The lowest BCUT2D eigenvalue weighted by atomic mass is 9.91. The highest BCUT2D eigenvalue weighted by molar-refractivity contribution is 6.30. The van der Waals surface area contributed by atoms with Gasteiger partial charge in [0.1, 0.15) is 5.82 Å². The van der Waals surface area contributed by atoms with Crippen molar-refractivity contribution in [1.82, 2.24) is 25.6 Å². The van der Waals surface area contributed by atoms with Gasteiger partial charge >= 0.3 is 5.97 Å². The number of aromatic amines is 1. The SMILES string of the molecule is O=C(O)[C@H](CCN1CC(F)(F)C1)C[C@@H](Cc1ccc(-c2cc(Cl)ccc2F)cc1)NCc1cn[nH]n1. The van der Waals surface area contributed by atoms with Crippen molar-refractivity contribution in [2.24, 2.45) is 5.92 Å². The second-order valence-corrected chi connectivity index (χ2v) is 9.63. The van der Waals surface area contributed by atoms with Gasteiger partial charge in [0.05, 0.1) is 30.9 Å². The zero-order chi connectivity index (χ0) is 25.7. The molecule has 1 aliphatic rings. The Morgan fingerprint density at radius 3 is 2.61 bits per heavy atom. The molecule has 11 heteroatoms. The van der Waals surface area contributed by atoms with Gasteiger partial charge in [-0.25, -0.2) is 13.2 Å². The number of alkyl halides is 2. The first-order valence-electron chi connectivity index (χ1n) is 11.6. The van der Waals surface area contributed by atoms with Crippen molar-refractivity contribution in [3.05, 3.63) is 70.8 Å². The number of H-pyrrole nitrogens is 1. The Hall–Kier alpha value is -2.95. The van der Waals surface area contributed by atoms with E-state index in [1.54, 1.807) is 29.3 Å². The average molecular weight is 522 g/mol. The van der Waals surface area contributed by atoms with Crippen LogP contribution in [0, 0.1) is 11.7 Å². The molecule has 0 unspecified atom stereocenters. The van der Waals surface area contributed by atoms with Gasteiger partial charge in [-0.3, -0.25) is 9.69 Å². The molecule has 2 aromatic carbocycles. The van der Waals surface area contributed by atoms with Crippen LogP contribution in [-0.2, 0) is 17.8 Å². The number of carboxylic acid groups (broad SMARTS) is 1. The van der Waals surface area contributed by atoms with E-state index in [-0.39, 0.29) is 31.4 Å². The van der Waals surface area contributed by atoms with E-state index in [4.69, 9.17) is 11.6 Å². The maximum atomic E-state index is 14.2. The Morgan fingerprint density at radius 1 is 1.22 bits per heavy atom. The van der Waals surface area contributed by atoms with Crippen LogP contribution in [0.1, 0.15) is 24.1 Å². The van der Waals surface area contributed by atoms with E-state index >= 15 is 0 Å². The minimum Gasteiger partial charge on any atom is -0.481 e. The summed E-state index contributed by atoms with van der Waals surface area (Å²) in [5.74, 6) is -4.71. The number of rotatable bonds is 12. The Bertz CT molecular complexity index is 1150. The summed E-state index contributed by atoms with van der Waals surface area (Å²) in [5, 5.41) is 23.9. The maximum Gasteiger partial charge on any atom is 0.306 e. The molecule has 3 aromatic rings. The Labute approximate surface area is 211 Å². The van der Waals surface area contributed by atoms with Gasteiger partial charge in [0, 0.05) is 23.2 Å². The highest BCUT2D eigenvalue weighted by atomic mass is 35.5. The Kier molecular flexibility index (Phi) is 8.28. The molecular formula is C25H27ClF3N5O2. The highest BCUT2D eigenvalue weighted by Crippen LogP contribution is 2.29. The van der Waals surface area contributed by atoms with Gasteiger partial charge in [0.2, 0.25) is 0 Å². The molecule has 1 fully saturated rings. The summed E-state index contributed by atoms with van der Waals surface area (Å²) >= 11 is 6.02. The molecule has 0 radical (unpaired) electrons. The van der Waals surface area contributed by atoms with Gasteiger partial charge < -0.3 is 10.4 Å². The van der Waals surface area contributed by atoms with Crippen LogP contribution in [0.2, 0.25) is 5.02 Å². The van der Waals surface area contributed by atoms with Crippen molar-refractivity contribution in [2.75, 3.05) is 19.6 Å². The van der Waals surface area contributed by atoms with Crippen LogP contribution in [0.4, 0.5) is 13.2 Å². The molecule has 1 aliphatic heterocycles. The molecule has 7 nitrogen and oxygen atoms in total. The fourth-order valence-electron chi connectivity index (χ4n) is 4.41. The van der Waals surface area contributed by atoms with Crippen molar-refractivity contribution < 1.29 is 23.1 Å². The molecule has 36 heavy (non-hydrogen) atoms.